The number of carbonyl (C=O) groups excluding carboxylic acids is 1. The van der Waals surface area contributed by atoms with Crippen LogP contribution in [-0.2, 0) is 4.79 Å². The third-order valence-electron chi connectivity index (χ3n) is 6.41. The highest BCUT2D eigenvalue weighted by molar-refractivity contribution is 5.79. The molecule has 0 bridgehead atoms. The largest absolute Gasteiger partial charge is 0.496 e. The average molecular weight is 444 g/mol. The number of hydrogen-bond donors (Lipinski definition) is 2. The predicted molar refractivity (Wildman–Crippen MR) is 130 cm³/mol. The van der Waals surface area contributed by atoms with Gasteiger partial charge in [0.05, 0.1) is 19.7 Å². The standard InChI is InChI=1S/C25H41N5O2/c1-3-26-25(27-15-11-19-30-18-8-4-5-14-24(30)31)28-20-22(29-16-9-10-17-29)21-12-6-7-13-23(21)32-2/h6-7,12-13,22H,3-5,8-11,14-20H2,1-2H3,(H2,26,27,28). The number of amides is 1. The number of likely N-dealkylation sites (tertiary alicyclic amines) is 2. The van der Waals surface area contributed by atoms with E-state index in [0.29, 0.717) is 18.9 Å². The van der Waals surface area contributed by atoms with E-state index >= 15 is 0 Å². The molecular weight excluding hydrogens is 402 g/mol. The van der Waals surface area contributed by atoms with Crippen molar-refractivity contribution in [1.82, 2.24) is 20.4 Å². The van der Waals surface area contributed by atoms with Crippen LogP contribution in [0.25, 0.3) is 0 Å². The number of guanidine groups is 1. The zero-order chi connectivity index (χ0) is 22.6. The van der Waals surface area contributed by atoms with Crippen LogP contribution in [0.5, 0.6) is 5.75 Å². The quantitative estimate of drug-likeness (QED) is 0.330. The molecule has 32 heavy (non-hydrogen) atoms. The Hall–Kier alpha value is -2.28. The molecule has 0 aliphatic carbocycles. The van der Waals surface area contributed by atoms with Gasteiger partial charge in [0.2, 0.25) is 5.91 Å². The molecule has 0 aromatic heterocycles. The highest BCUT2D eigenvalue weighted by atomic mass is 16.5. The van der Waals surface area contributed by atoms with Gasteiger partial charge in [0.1, 0.15) is 5.75 Å². The van der Waals surface area contributed by atoms with Gasteiger partial charge in [0.15, 0.2) is 5.96 Å². The zero-order valence-corrected chi connectivity index (χ0v) is 19.9. The van der Waals surface area contributed by atoms with Crippen molar-refractivity contribution in [1.29, 1.82) is 0 Å². The van der Waals surface area contributed by atoms with Crippen molar-refractivity contribution in [3.63, 3.8) is 0 Å². The Morgan fingerprint density at radius 3 is 2.66 bits per heavy atom. The van der Waals surface area contributed by atoms with Crippen LogP contribution in [-0.4, -0.2) is 74.6 Å². The molecule has 2 aliphatic heterocycles. The molecule has 1 aromatic rings. The number of ether oxygens (including phenoxy) is 1. The van der Waals surface area contributed by atoms with Crippen LogP contribution in [0.2, 0.25) is 0 Å². The normalized spacial score (nSPS) is 19.0. The Morgan fingerprint density at radius 2 is 1.88 bits per heavy atom. The summed E-state index contributed by atoms with van der Waals surface area (Å²) >= 11 is 0. The molecule has 7 nitrogen and oxygen atoms in total. The van der Waals surface area contributed by atoms with Crippen molar-refractivity contribution in [2.24, 2.45) is 4.99 Å². The smallest absolute Gasteiger partial charge is 0.222 e. The molecule has 1 amide bonds. The highest BCUT2D eigenvalue weighted by Gasteiger charge is 2.25. The van der Waals surface area contributed by atoms with Crippen LogP contribution in [0.3, 0.4) is 0 Å². The summed E-state index contributed by atoms with van der Waals surface area (Å²) in [4.78, 5) is 21.7. The van der Waals surface area contributed by atoms with Crippen molar-refractivity contribution >= 4 is 11.9 Å². The van der Waals surface area contributed by atoms with Crippen molar-refractivity contribution in [2.45, 2.75) is 57.9 Å². The van der Waals surface area contributed by atoms with Crippen LogP contribution in [0.15, 0.2) is 29.3 Å². The van der Waals surface area contributed by atoms with Crippen LogP contribution < -0.4 is 15.4 Å². The number of para-hydroxylation sites is 1. The molecule has 0 saturated carbocycles. The summed E-state index contributed by atoms with van der Waals surface area (Å²) in [5.74, 6) is 2.09. The Morgan fingerprint density at radius 1 is 1.09 bits per heavy atom. The number of hydrogen-bond acceptors (Lipinski definition) is 4. The molecule has 7 heteroatoms. The van der Waals surface area contributed by atoms with Crippen molar-refractivity contribution < 1.29 is 9.53 Å². The van der Waals surface area contributed by atoms with E-state index in [1.54, 1.807) is 7.11 Å². The molecule has 0 spiro atoms. The zero-order valence-electron chi connectivity index (χ0n) is 19.9. The molecule has 1 atom stereocenters. The number of nitrogens with one attached hydrogen (secondary N) is 2. The van der Waals surface area contributed by atoms with Crippen LogP contribution in [0, 0.1) is 0 Å². The third-order valence-corrected chi connectivity index (χ3v) is 6.41. The Labute approximate surface area is 193 Å². The van der Waals surface area contributed by atoms with Gasteiger partial charge in [-0.2, -0.15) is 0 Å². The lowest BCUT2D eigenvalue weighted by Crippen LogP contribution is -2.40. The SMILES string of the molecule is CCNC(=NCC(c1ccccc1OC)N1CCCC1)NCCCN1CCCCCC1=O. The lowest BCUT2D eigenvalue weighted by atomic mass is 10.0. The summed E-state index contributed by atoms with van der Waals surface area (Å²) in [5.41, 5.74) is 1.20. The minimum absolute atomic E-state index is 0.207. The van der Waals surface area contributed by atoms with Crippen LogP contribution in [0.4, 0.5) is 0 Å². The van der Waals surface area contributed by atoms with Gasteiger partial charge in [0, 0.05) is 38.2 Å². The maximum Gasteiger partial charge on any atom is 0.222 e. The van der Waals surface area contributed by atoms with E-state index in [0.717, 1.165) is 70.2 Å². The van der Waals surface area contributed by atoms with E-state index in [-0.39, 0.29) is 6.04 Å². The predicted octanol–water partition coefficient (Wildman–Crippen LogP) is 3.18. The third kappa shape index (κ3) is 7.12. The molecule has 3 rings (SSSR count). The van der Waals surface area contributed by atoms with Crippen molar-refractivity contribution in [3.05, 3.63) is 29.8 Å². The van der Waals surface area contributed by atoms with E-state index < -0.39 is 0 Å². The van der Waals surface area contributed by atoms with Crippen molar-refractivity contribution in [2.75, 3.05) is 52.9 Å². The van der Waals surface area contributed by atoms with Gasteiger partial charge in [-0.25, -0.2) is 0 Å². The second kappa shape index (κ2) is 13.3. The first kappa shape index (κ1) is 24.4. The number of benzene rings is 1. The Kier molecular flexibility index (Phi) is 10.1. The Balaban J connectivity index is 1.59. The molecular formula is C25H41N5O2. The van der Waals surface area contributed by atoms with E-state index in [1.165, 1.54) is 24.8 Å². The van der Waals surface area contributed by atoms with E-state index in [2.05, 4.69) is 34.6 Å². The number of aliphatic imine (C=N–C) groups is 1. The average Bonchev–Trinajstić information content (AvgIpc) is 3.27. The maximum absolute atomic E-state index is 12.2. The molecule has 1 unspecified atom stereocenters. The fraction of sp³-hybridized carbons (Fsp3) is 0.680. The van der Waals surface area contributed by atoms with Crippen LogP contribution in [0.1, 0.15) is 63.5 Å². The van der Waals surface area contributed by atoms with Crippen LogP contribution >= 0.6 is 0 Å². The lowest BCUT2D eigenvalue weighted by Gasteiger charge is -2.28. The molecule has 2 heterocycles. The molecule has 2 saturated heterocycles. The van der Waals surface area contributed by atoms with Gasteiger partial charge < -0.3 is 20.3 Å². The van der Waals surface area contributed by atoms with Crippen molar-refractivity contribution in [3.8, 4) is 5.75 Å². The first-order valence-electron chi connectivity index (χ1n) is 12.4. The number of carbonyl (C=O) groups is 1. The van der Waals surface area contributed by atoms with Gasteiger partial charge in [-0.15, -0.1) is 0 Å². The van der Waals surface area contributed by atoms with Gasteiger partial charge in [0.25, 0.3) is 0 Å². The minimum Gasteiger partial charge on any atom is -0.496 e. The molecule has 1 aromatic carbocycles. The van der Waals surface area contributed by atoms with Gasteiger partial charge in [-0.3, -0.25) is 14.7 Å². The second-order valence-corrected chi connectivity index (χ2v) is 8.69. The first-order chi connectivity index (χ1) is 15.7. The fourth-order valence-electron chi connectivity index (χ4n) is 4.68. The lowest BCUT2D eigenvalue weighted by molar-refractivity contribution is -0.130. The summed E-state index contributed by atoms with van der Waals surface area (Å²) in [5, 5.41) is 6.84. The minimum atomic E-state index is 0.207. The summed E-state index contributed by atoms with van der Waals surface area (Å²) in [6, 6.07) is 8.51. The number of methoxy groups -OCH3 is 1. The molecule has 0 radical (unpaired) electrons. The van der Waals surface area contributed by atoms with Gasteiger partial charge >= 0.3 is 0 Å². The summed E-state index contributed by atoms with van der Waals surface area (Å²) in [6.07, 6.45) is 7.45. The highest BCUT2D eigenvalue weighted by Crippen LogP contribution is 2.31. The van der Waals surface area contributed by atoms with E-state index in [4.69, 9.17) is 9.73 Å². The first-order valence-corrected chi connectivity index (χ1v) is 12.4. The molecule has 2 fully saturated rings. The van der Waals surface area contributed by atoms with Gasteiger partial charge in [-0.1, -0.05) is 24.6 Å². The molecule has 178 valence electrons. The fourth-order valence-corrected chi connectivity index (χ4v) is 4.68. The summed E-state index contributed by atoms with van der Waals surface area (Å²) in [7, 11) is 1.74. The van der Waals surface area contributed by atoms with E-state index in [1.807, 2.05) is 17.0 Å². The molecule has 2 aliphatic rings. The monoisotopic (exact) mass is 443 g/mol. The summed E-state index contributed by atoms with van der Waals surface area (Å²) in [6.45, 7) is 8.33. The topological polar surface area (TPSA) is 69.2 Å². The second-order valence-electron chi connectivity index (χ2n) is 8.69. The number of nitrogens with zero attached hydrogens (tertiary/aromatic N) is 3. The number of rotatable bonds is 10. The summed E-state index contributed by atoms with van der Waals surface area (Å²) < 4.78 is 5.66. The van der Waals surface area contributed by atoms with Gasteiger partial charge in [-0.05, 0) is 58.2 Å². The molecule has 2 N–H and O–H groups in total. The maximum atomic E-state index is 12.2. The van der Waals surface area contributed by atoms with E-state index in [9.17, 15) is 4.79 Å². The Bertz CT molecular complexity index is 733.